The van der Waals surface area contributed by atoms with Gasteiger partial charge in [0.15, 0.2) is 17.5 Å². The molecule has 0 spiro atoms. The summed E-state index contributed by atoms with van der Waals surface area (Å²) in [6.45, 7) is 9.94. The smallest absolute Gasteiger partial charge is 0.191 e. The molecule has 0 amide bonds. The van der Waals surface area contributed by atoms with Gasteiger partial charge >= 0.3 is 0 Å². The van der Waals surface area contributed by atoms with E-state index in [1.165, 1.54) is 19.4 Å². The molecule has 0 aromatic heterocycles. The van der Waals surface area contributed by atoms with Gasteiger partial charge < -0.3 is 20.1 Å². The second kappa shape index (κ2) is 12.9. The van der Waals surface area contributed by atoms with Crippen molar-refractivity contribution >= 4 is 29.9 Å². The van der Waals surface area contributed by atoms with Gasteiger partial charge in [0.25, 0.3) is 0 Å². The van der Waals surface area contributed by atoms with E-state index in [4.69, 9.17) is 9.47 Å². The Hall–Kier alpha value is -1.48. The summed E-state index contributed by atoms with van der Waals surface area (Å²) in [5, 5.41) is 6.86. The molecule has 0 saturated carbocycles. The van der Waals surface area contributed by atoms with Gasteiger partial charge in [-0.2, -0.15) is 0 Å². The monoisotopic (exact) mass is 502 g/mol. The van der Waals surface area contributed by atoms with E-state index in [0.29, 0.717) is 12.6 Å². The van der Waals surface area contributed by atoms with Crippen molar-refractivity contribution in [1.82, 2.24) is 15.5 Å². The van der Waals surface area contributed by atoms with Gasteiger partial charge in [-0.15, -0.1) is 30.6 Å². The number of benzene rings is 1. The first kappa shape index (κ1) is 24.6. The van der Waals surface area contributed by atoms with E-state index in [9.17, 15) is 0 Å². The van der Waals surface area contributed by atoms with Crippen LogP contribution in [-0.2, 0) is 13.0 Å². The lowest BCUT2D eigenvalue weighted by atomic mass is 10.1. The van der Waals surface area contributed by atoms with E-state index >= 15 is 0 Å². The number of rotatable bonds is 9. The van der Waals surface area contributed by atoms with Crippen LogP contribution >= 0.6 is 24.0 Å². The number of methoxy groups -OCH3 is 2. The normalized spacial score (nSPS) is 17.0. The first-order chi connectivity index (χ1) is 13.2. The highest BCUT2D eigenvalue weighted by Crippen LogP contribution is 2.33. The number of aliphatic imine (C=N–C) groups is 1. The molecule has 2 rings (SSSR count). The highest BCUT2D eigenvalue weighted by atomic mass is 127. The minimum absolute atomic E-state index is 0. The van der Waals surface area contributed by atoms with Crippen LogP contribution in [0.3, 0.4) is 0 Å². The van der Waals surface area contributed by atoms with E-state index in [2.05, 4.69) is 40.1 Å². The molecule has 2 N–H and O–H groups in total. The molecule has 1 heterocycles. The van der Waals surface area contributed by atoms with Crippen molar-refractivity contribution in [2.45, 2.75) is 38.8 Å². The summed E-state index contributed by atoms with van der Waals surface area (Å²) >= 11 is 0. The Bertz CT molecular complexity index is 652. The van der Waals surface area contributed by atoms with E-state index in [-0.39, 0.29) is 24.0 Å². The van der Waals surface area contributed by atoms with Crippen molar-refractivity contribution in [2.24, 2.45) is 4.99 Å². The average molecular weight is 502 g/mol. The van der Waals surface area contributed by atoms with E-state index < -0.39 is 0 Å². The molecule has 28 heavy (non-hydrogen) atoms. The molecule has 1 aromatic rings. The number of hydrogen-bond acceptors (Lipinski definition) is 4. The number of likely N-dealkylation sites (tertiary alicyclic amines) is 1. The molecule has 1 fully saturated rings. The summed E-state index contributed by atoms with van der Waals surface area (Å²) in [5.41, 5.74) is 2.18. The third-order valence-electron chi connectivity index (χ3n) is 5.07. The summed E-state index contributed by atoms with van der Waals surface area (Å²) in [6, 6.07) is 4.72. The van der Waals surface area contributed by atoms with Crippen molar-refractivity contribution in [3.05, 3.63) is 35.9 Å². The maximum Gasteiger partial charge on any atom is 0.191 e. The van der Waals surface area contributed by atoms with Crippen molar-refractivity contribution in [3.8, 4) is 11.5 Å². The Morgan fingerprint density at radius 3 is 2.71 bits per heavy atom. The van der Waals surface area contributed by atoms with E-state index in [1.54, 1.807) is 21.3 Å². The standard InChI is InChI=1S/C21H34N4O2.HI/c1-6-9-17-12-16(13-19(26-4)20(17)27-5)14-23-21(22-3)24-15-18-10-8-11-25(18)7-2;/h6,12-13,18H,1,7-11,14-15H2,2-5H3,(H2,22,23,24);1H. The van der Waals surface area contributed by atoms with Gasteiger partial charge in [0.1, 0.15) is 0 Å². The minimum atomic E-state index is 0. The molecule has 0 radical (unpaired) electrons. The van der Waals surface area contributed by atoms with Gasteiger partial charge in [-0.1, -0.05) is 13.0 Å². The Labute approximate surface area is 186 Å². The van der Waals surface area contributed by atoms with E-state index in [0.717, 1.165) is 48.1 Å². The van der Waals surface area contributed by atoms with Gasteiger partial charge in [0, 0.05) is 31.7 Å². The van der Waals surface area contributed by atoms with Crippen LogP contribution in [-0.4, -0.2) is 57.8 Å². The Morgan fingerprint density at radius 1 is 1.32 bits per heavy atom. The number of nitrogens with zero attached hydrogens (tertiary/aromatic N) is 2. The number of allylic oxidation sites excluding steroid dienone is 1. The number of guanidine groups is 1. The van der Waals surface area contributed by atoms with Gasteiger partial charge in [0.2, 0.25) is 0 Å². The number of likely N-dealkylation sites (N-methyl/N-ethyl adjacent to an activating group) is 1. The largest absolute Gasteiger partial charge is 0.493 e. The SMILES string of the molecule is C=CCc1cc(CNC(=NC)NCC2CCCN2CC)cc(OC)c1OC.I. The first-order valence-electron chi connectivity index (χ1n) is 9.70. The molecule has 0 bridgehead atoms. The number of halogens is 1. The lowest BCUT2D eigenvalue weighted by molar-refractivity contribution is 0.267. The predicted octanol–water partition coefficient (Wildman–Crippen LogP) is 3.20. The summed E-state index contributed by atoms with van der Waals surface area (Å²) < 4.78 is 11.0. The quantitative estimate of drug-likeness (QED) is 0.235. The van der Waals surface area contributed by atoms with Crippen LogP contribution in [0.4, 0.5) is 0 Å². The van der Waals surface area contributed by atoms with Crippen LogP contribution in [0.5, 0.6) is 11.5 Å². The molecule has 7 heteroatoms. The molecule has 1 unspecified atom stereocenters. The fourth-order valence-corrected chi connectivity index (χ4v) is 3.68. The zero-order valence-electron chi connectivity index (χ0n) is 17.6. The van der Waals surface area contributed by atoms with Crippen molar-refractivity contribution < 1.29 is 9.47 Å². The van der Waals surface area contributed by atoms with Crippen molar-refractivity contribution in [2.75, 3.05) is 40.9 Å². The Kier molecular flexibility index (Phi) is 11.3. The highest BCUT2D eigenvalue weighted by Gasteiger charge is 2.22. The molecule has 1 aliphatic rings. The second-order valence-corrected chi connectivity index (χ2v) is 6.71. The van der Waals surface area contributed by atoms with Gasteiger partial charge in [-0.25, -0.2) is 0 Å². The summed E-state index contributed by atoms with van der Waals surface area (Å²) in [4.78, 5) is 6.88. The predicted molar refractivity (Wildman–Crippen MR) is 127 cm³/mol. The van der Waals surface area contributed by atoms with Crippen LogP contribution in [0.15, 0.2) is 29.8 Å². The molecule has 6 nitrogen and oxygen atoms in total. The third-order valence-corrected chi connectivity index (χ3v) is 5.07. The van der Waals surface area contributed by atoms with Crippen molar-refractivity contribution in [1.29, 1.82) is 0 Å². The fraction of sp³-hybridized carbons (Fsp3) is 0.571. The average Bonchev–Trinajstić information content (AvgIpc) is 3.15. The summed E-state index contributed by atoms with van der Waals surface area (Å²) in [6.07, 6.45) is 5.13. The van der Waals surface area contributed by atoms with Crippen molar-refractivity contribution in [3.63, 3.8) is 0 Å². The molecular weight excluding hydrogens is 467 g/mol. The van der Waals surface area contributed by atoms with Crippen LogP contribution in [0, 0.1) is 0 Å². The summed E-state index contributed by atoms with van der Waals surface area (Å²) in [5.74, 6) is 2.32. The van der Waals surface area contributed by atoms with Crippen LogP contribution in [0.1, 0.15) is 30.9 Å². The maximum atomic E-state index is 5.50. The minimum Gasteiger partial charge on any atom is -0.493 e. The summed E-state index contributed by atoms with van der Waals surface area (Å²) in [7, 11) is 5.13. The molecule has 158 valence electrons. The zero-order valence-corrected chi connectivity index (χ0v) is 19.9. The maximum absolute atomic E-state index is 5.50. The van der Waals surface area contributed by atoms with Crippen LogP contribution in [0.25, 0.3) is 0 Å². The second-order valence-electron chi connectivity index (χ2n) is 6.71. The number of hydrogen-bond donors (Lipinski definition) is 2. The molecule has 0 aliphatic carbocycles. The molecule has 1 saturated heterocycles. The van der Waals surface area contributed by atoms with Gasteiger partial charge in [0.05, 0.1) is 14.2 Å². The molecule has 1 aliphatic heterocycles. The zero-order chi connectivity index (χ0) is 19.6. The third kappa shape index (κ3) is 6.55. The lowest BCUT2D eigenvalue weighted by Gasteiger charge is -2.24. The van der Waals surface area contributed by atoms with Gasteiger partial charge in [-0.05, 0) is 50.0 Å². The first-order valence-corrected chi connectivity index (χ1v) is 9.70. The van der Waals surface area contributed by atoms with E-state index in [1.807, 2.05) is 12.1 Å². The molecule has 1 aromatic carbocycles. The number of nitrogens with one attached hydrogen (secondary N) is 2. The van der Waals surface area contributed by atoms with Crippen LogP contribution in [0.2, 0.25) is 0 Å². The highest BCUT2D eigenvalue weighted by molar-refractivity contribution is 14.0. The Balaban J connectivity index is 0.00000392. The Morgan fingerprint density at radius 2 is 2.11 bits per heavy atom. The van der Waals surface area contributed by atoms with Gasteiger partial charge in [-0.3, -0.25) is 9.89 Å². The lowest BCUT2D eigenvalue weighted by Crippen LogP contribution is -2.44. The molecular formula is C21H35IN4O2. The number of ether oxygens (including phenoxy) is 2. The topological polar surface area (TPSA) is 58.1 Å². The molecule has 1 atom stereocenters. The van der Waals surface area contributed by atoms with Crippen LogP contribution < -0.4 is 20.1 Å². The fourth-order valence-electron chi connectivity index (χ4n) is 3.68.